The molecule has 4 bridgehead atoms. The maximum Gasteiger partial charge on any atom is 0.329 e. The Balaban J connectivity index is 1.15. The van der Waals surface area contributed by atoms with Crippen molar-refractivity contribution in [1.82, 2.24) is 9.88 Å². The highest BCUT2D eigenvalue weighted by Gasteiger charge is 2.56. The summed E-state index contributed by atoms with van der Waals surface area (Å²) in [6, 6.07) is 7.54. The molecule has 1 unspecified atom stereocenters. The normalized spacial score (nSPS) is 34.6. The molecule has 2 heterocycles. The molecule has 1 atom stereocenters. The van der Waals surface area contributed by atoms with Crippen molar-refractivity contribution < 1.29 is 14.3 Å². The molecule has 7 rings (SSSR count). The highest BCUT2D eigenvalue weighted by atomic mass is 32.1. The van der Waals surface area contributed by atoms with Crippen LogP contribution in [0, 0.1) is 23.2 Å². The standard InChI is InChI=1S/C24H28N2O3S/c27-22(29-14-21-25-18-4-1-2-6-20(18)30-21)19-5-3-7-26(19)23(28)24-11-15-8-16(12-24)10-17(9-15)13-24/h1-2,4,6,15-17,19H,3,5,7-14H2. The lowest BCUT2D eigenvalue weighted by Gasteiger charge is -2.56. The number of para-hydroxylation sites is 1. The number of hydrogen-bond acceptors (Lipinski definition) is 5. The summed E-state index contributed by atoms with van der Waals surface area (Å²) in [7, 11) is 0. The first-order valence-electron chi connectivity index (χ1n) is 11.4. The average Bonchev–Trinajstić information content (AvgIpc) is 3.37. The molecule has 5 nitrogen and oxygen atoms in total. The number of aromatic nitrogens is 1. The number of thiazole rings is 1. The number of fused-ring (bicyclic) bond motifs is 1. The number of ether oxygens (including phenoxy) is 1. The van der Waals surface area contributed by atoms with E-state index < -0.39 is 6.04 Å². The summed E-state index contributed by atoms with van der Waals surface area (Å²) >= 11 is 1.56. The van der Waals surface area contributed by atoms with Gasteiger partial charge in [0.2, 0.25) is 5.91 Å². The fourth-order valence-corrected chi connectivity index (χ4v) is 8.02. The van der Waals surface area contributed by atoms with Crippen LogP contribution in [0.5, 0.6) is 0 Å². The minimum absolute atomic E-state index is 0.189. The molecule has 0 spiro atoms. The number of benzene rings is 1. The first-order chi connectivity index (χ1) is 14.6. The van der Waals surface area contributed by atoms with Gasteiger partial charge in [0.1, 0.15) is 17.7 Å². The van der Waals surface area contributed by atoms with E-state index in [0.29, 0.717) is 6.54 Å². The molecule has 1 aromatic heterocycles. The zero-order valence-corrected chi connectivity index (χ0v) is 18.0. The number of nitrogens with zero attached hydrogens (tertiary/aromatic N) is 2. The summed E-state index contributed by atoms with van der Waals surface area (Å²) in [6.45, 7) is 0.884. The van der Waals surface area contributed by atoms with Crippen LogP contribution in [0.1, 0.15) is 56.4 Å². The van der Waals surface area contributed by atoms with E-state index in [-0.39, 0.29) is 23.9 Å². The van der Waals surface area contributed by atoms with E-state index in [1.165, 1.54) is 19.3 Å². The Labute approximate surface area is 180 Å². The van der Waals surface area contributed by atoms with Crippen molar-refractivity contribution in [2.24, 2.45) is 23.2 Å². The second kappa shape index (κ2) is 7.04. The maximum atomic E-state index is 13.7. The lowest BCUT2D eigenvalue weighted by molar-refractivity contribution is -0.166. The van der Waals surface area contributed by atoms with Gasteiger partial charge < -0.3 is 9.64 Å². The first kappa shape index (κ1) is 18.8. The predicted octanol–water partition coefficient (Wildman–Crippen LogP) is 4.55. The number of amides is 1. The van der Waals surface area contributed by atoms with Crippen LogP contribution in [0.15, 0.2) is 24.3 Å². The van der Waals surface area contributed by atoms with Crippen molar-refractivity contribution >= 4 is 33.4 Å². The second-order valence-corrected chi connectivity index (χ2v) is 11.2. The number of carbonyl (C=O) groups is 2. The largest absolute Gasteiger partial charge is 0.457 e. The number of hydrogen-bond donors (Lipinski definition) is 0. The molecule has 0 radical (unpaired) electrons. The van der Waals surface area contributed by atoms with Crippen LogP contribution in [0.3, 0.4) is 0 Å². The zero-order valence-electron chi connectivity index (χ0n) is 17.2. The Hall–Kier alpha value is -1.95. The van der Waals surface area contributed by atoms with Gasteiger partial charge in [0.15, 0.2) is 0 Å². The van der Waals surface area contributed by atoms with E-state index in [4.69, 9.17) is 4.74 Å². The van der Waals surface area contributed by atoms with Crippen LogP contribution < -0.4 is 0 Å². The fourth-order valence-electron chi connectivity index (χ4n) is 7.14. The summed E-state index contributed by atoms with van der Waals surface area (Å²) in [6.07, 6.45) is 8.70. The van der Waals surface area contributed by atoms with Crippen molar-refractivity contribution in [1.29, 1.82) is 0 Å². The molecule has 4 aliphatic carbocycles. The van der Waals surface area contributed by atoms with Crippen LogP contribution in [-0.4, -0.2) is 34.3 Å². The summed E-state index contributed by atoms with van der Waals surface area (Å²) in [5.74, 6) is 2.18. The molecule has 1 saturated heterocycles. The smallest absolute Gasteiger partial charge is 0.329 e. The first-order valence-corrected chi connectivity index (χ1v) is 12.2. The molecule has 1 aromatic carbocycles. The molecule has 158 valence electrons. The molecular formula is C24H28N2O3S. The molecule has 30 heavy (non-hydrogen) atoms. The van der Waals surface area contributed by atoms with Gasteiger partial charge in [-0.25, -0.2) is 9.78 Å². The Morgan fingerprint density at radius 1 is 1.10 bits per heavy atom. The SMILES string of the molecule is O=C(OCc1nc2ccccc2s1)C1CCCN1C(=O)C12CC3CC(CC(C3)C1)C2. The van der Waals surface area contributed by atoms with Gasteiger partial charge in [-0.1, -0.05) is 12.1 Å². The molecule has 2 aromatic rings. The summed E-state index contributed by atoms with van der Waals surface area (Å²) in [4.78, 5) is 33.1. The second-order valence-electron chi connectivity index (χ2n) is 10.0. The molecule has 5 fully saturated rings. The predicted molar refractivity (Wildman–Crippen MR) is 115 cm³/mol. The Morgan fingerprint density at radius 2 is 1.80 bits per heavy atom. The van der Waals surface area contributed by atoms with Crippen molar-refractivity contribution in [3.8, 4) is 0 Å². The maximum absolute atomic E-state index is 13.7. The van der Waals surface area contributed by atoms with Crippen molar-refractivity contribution in [2.75, 3.05) is 6.54 Å². The third-order valence-electron chi connectivity index (χ3n) is 7.95. The fraction of sp³-hybridized carbons (Fsp3) is 0.625. The molecule has 4 saturated carbocycles. The Kier molecular flexibility index (Phi) is 4.41. The van der Waals surface area contributed by atoms with Gasteiger partial charge >= 0.3 is 5.97 Å². The number of rotatable bonds is 4. The van der Waals surface area contributed by atoms with E-state index in [9.17, 15) is 9.59 Å². The van der Waals surface area contributed by atoms with Gasteiger partial charge in [0, 0.05) is 6.54 Å². The highest BCUT2D eigenvalue weighted by Crippen LogP contribution is 2.60. The van der Waals surface area contributed by atoms with Crippen LogP contribution in [-0.2, 0) is 20.9 Å². The van der Waals surface area contributed by atoms with Crippen LogP contribution >= 0.6 is 11.3 Å². The molecule has 1 aliphatic heterocycles. The van der Waals surface area contributed by atoms with Gasteiger partial charge in [-0.2, -0.15) is 0 Å². The van der Waals surface area contributed by atoms with E-state index >= 15 is 0 Å². The zero-order chi connectivity index (χ0) is 20.3. The lowest BCUT2D eigenvalue weighted by atomic mass is 9.49. The van der Waals surface area contributed by atoms with E-state index in [0.717, 1.165) is 65.1 Å². The summed E-state index contributed by atoms with van der Waals surface area (Å²) < 4.78 is 6.76. The lowest BCUT2D eigenvalue weighted by Crippen LogP contribution is -2.56. The summed E-state index contributed by atoms with van der Waals surface area (Å²) in [5.41, 5.74) is 0.748. The van der Waals surface area contributed by atoms with Crippen LogP contribution in [0.2, 0.25) is 0 Å². The van der Waals surface area contributed by atoms with Crippen LogP contribution in [0.4, 0.5) is 0 Å². The quantitative estimate of drug-likeness (QED) is 0.676. The Morgan fingerprint density at radius 3 is 2.50 bits per heavy atom. The van der Waals surface area contributed by atoms with Crippen molar-refractivity contribution in [3.05, 3.63) is 29.3 Å². The van der Waals surface area contributed by atoms with E-state index in [1.807, 2.05) is 29.2 Å². The number of likely N-dealkylation sites (tertiary alicyclic amines) is 1. The summed E-state index contributed by atoms with van der Waals surface area (Å²) in [5, 5.41) is 0.807. The van der Waals surface area contributed by atoms with Gasteiger partial charge in [0.25, 0.3) is 0 Å². The molecule has 1 amide bonds. The van der Waals surface area contributed by atoms with E-state index in [2.05, 4.69) is 4.98 Å². The average molecular weight is 425 g/mol. The molecular weight excluding hydrogens is 396 g/mol. The van der Waals surface area contributed by atoms with E-state index in [1.54, 1.807) is 11.3 Å². The van der Waals surface area contributed by atoms with Gasteiger partial charge in [-0.15, -0.1) is 11.3 Å². The molecule has 0 N–H and O–H groups in total. The van der Waals surface area contributed by atoms with Crippen molar-refractivity contribution in [2.45, 2.75) is 64.0 Å². The molecule has 5 aliphatic rings. The number of esters is 1. The molecule has 6 heteroatoms. The van der Waals surface area contributed by atoms with Crippen molar-refractivity contribution in [3.63, 3.8) is 0 Å². The highest BCUT2D eigenvalue weighted by molar-refractivity contribution is 7.18. The van der Waals surface area contributed by atoms with Crippen LogP contribution in [0.25, 0.3) is 10.2 Å². The van der Waals surface area contributed by atoms with Gasteiger partial charge in [-0.05, 0) is 81.3 Å². The number of carbonyl (C=O) groups excluding carboxylic acids is 2. The third kappa shape index (κ3) is 3.06. The van der Waals surface area contributed by atoms with Gasteiger partial charge in [0.05, 0.1) is 15.6 Å². The monoisotopic (exact) mass is 424 g/mol. The minimum Gasteiger partial charge on any atom is -0.457 e. The minimum atomic E-state index is -0.417. The van der Waals surface area contributed by atoms with Gasteiger partial charge in [-0.3, -0.25) is 4.79 Å². The Bertz CT molecular complexity index is 931. The topological polar surface area (TPSA) is 59.5 Å². The third-order valence-corrected chi connectivity index (χ3v) is 8.96.